The van der Waals surface area contributed by atoms with Gasteiger partial charge in [0.25, 0.3) is 0 Å². The van der Waals surface area contributed by atoms with Crippen LogP contribution in [0.5, 0.6) is 0 Å². The molecule has 0 aliphatic rings. The van der Waals surface area contributed by atoms with Gasteiger partial charge in [0, 0.05) is 12.1 Å². The molecule has 0 bridgehead atoms. The lowest BCUT2D eigenvalue weighted by Gasteiger charge is -2.03. The Morgan fingerprint density at radius 1 is 1.50 bits per heavy atom. The molecule has 0 fully saturated rings. The highest BCUT2D eigenvalue weighted by Gasteiger charge is 2.10. The lowest BCUT2D eigenvalue weighted by atomic mass is 10.1. The van der Waals surface area contributed by atoms with Gasteiger partial charge in [-0.05, 0) is 41.1 Å². The maximum absolute atomic E-state index is 13.1. The number of benzene rings is 1. The van der Waals surface area contributed by atoms with Crippen LogP contribution in [0.2, 0.25) is 0 Å². The first kappa shape index (κ1) is 11.1. The Bertz CT molecular complexity index is 522. The van der Waals surface area contributed by atoms with Crippen LogP contribution in [0.25, 0.3) is 11.3 Å². The third-order valence-electron chi connectivity index (χ3n) is 2.41. The van der Waals surface area contributed by atoms with Gasteiger partial charge in [0.15, 0.2) is 0 Å². The van der Waals surface area contributed by atoms with Crippen molar-refractivity contribution in [3.63, 3.8) is 0 Å². The van der Waals surface area contributed by atoms with E-state index in [0.717, 1.165) is 12.1 Å². The zero-order valence-corrected chi connectivity index (χ0v) is 10.3. The fraction of sp³-hybridized carbons (Fsp3) is 0.182. The van der Waals surface area contributed by atoms with E-state index < -0.39 is 0 Å². The van der Waals surface area contributed by atoms with Crippen molar-refractivity contribution in [1.29, 1.82) is 0 Å². The van der Waals surface area contributed by atoms with E-state index in [1.807, 2.05) is 11.5 Å². The van der Waals surface area contributed by atoms with Crippen LogP contribution in [0, 0.1) is 5.82 Å². The van der Waals surface area contributed by atoms with Crippen LogP contribution in [-0.4, -0.2) is 9.55 Å². The van der Waals surface area contributed by atoms with Crippen LogP contribution >= 0.6 is 15.9 Å². The van der Waals surface area contributed by atoms with Crippen LogP contribution in [-0.2, 0) is 6.54 Å². The zero-order valence-electron chi connectivity index (χ0n) is 8.74. The van der Waals surface area contributed by atoms with Crippen molar-refractivity contribution in [3.8, 4) is 11.3 Å². The Morgan fingerprint density at radius 2 is 2.25 bits per heavy atom. The molecule has 1 aromatic heterocycles. The molecule has 0 spiro atoms. The minimum Gasteiger partial charge on any atom is -0.383 e. The van der Waals surface area contributed by atoms with Crippen molar-refractivity contribution in [2.45, 2.75) is 13.5 Å². The second-order valence-corrected chi connectivity index (χ2v) is 4.25. The summed E-state index contributed by atoms with van der Waals surface area (Å²) >= 11 is 3.14. The summed E-state index contributed by atoms with van der Waals surface area (Å²) in [4.78, 5) is 4.22. The Morgan fingerprint density at radius 3 is 2.81 bits per heavy atom. The molecule has 2 aromatic rings. The standard InChI is InChI=1S/C11H11BrFN3/c1-2-16-6-15-10(11(16)14)7-3-4-9(13)8(12)5-7/h3-6H,2,14H2,1H3. The van der Waals surface area contributed by atoms with E-state index in [1.165, 1.54) is 6.07 Å². The van der Waals surface area contributed by atoms with Gasteiger partial charge in [-0.25, -0.2) is 9.37 Å². The molecule has 2 rings (SSSR count). The van der Waals surface area contributed by atoms with Gasteiger partial charge in [-0.1, -0.05) is 0 Å². The minimum absolute atomic E-state index is 0.294. The average molecular weight is 284 g/mol. The molecule has 1 aromatic carbocycles. The summed E-state index contributed by atoms with van der Waals surface area (Å²) < 4.78 is 15.3. The van der Waals surface area contributed by atoms with Gasteiger partial charge in [0.2, 0.25) is 0 Å². The number of halogens is 2. The molecule has 3 nitrogen and oxygen atoms in total. The number of aryl methyl sites for hydroxylation is 1. The second-order valence-electron chi connectivity index (χ2n) is 3.39. The lowest BCUT2D eigenvalue weighted by molar-refractivity contribution is 0.621. The van der Waals surface area contributed by atoms with Crippen LogP contribution in [0.3, 0.4) is 0 Å². The molecule has 0 aliphatic carbocycles. The molecular weight excluding hydrogens is 273 g/mol. The van der Waals surface area contributed by atoms with Gasteiger partial charge < -0.3 is 10.3 Å². The lowest BCUT2D eigenvalue weighted by Crippen LogP contribution is -1.99. The average Bonchev–Trinajstić information content (AvgIpc) is 2.64. The van der Waals surface area contributed by atoms with E-state index in [1.54, 1.807) is 18.5 Å². The molecule has 5 heteroatoms. The zero-order chi connectivity index (χ0) is 11.7. The summed E-state index contributed by atoms with van der Waals surface area (Å²) in [7, 11) is 0. The molecule has 0 amide bonds. The first-order chi connectivity index (χ1) is 7.63. The van der Waals surface area contributed by atoms with E-state index >= 15 is 0 Å². The van der Waals surface area contributed by atoms with Crippen molar-refractivity contribution >= 4 is 21.7 Å². The Hall–Kier alpha value is -1.36. The minimum atomic E-state index is -0.294. The fourth-order valence-electron chi connectivity index (χ4n) is 1.51. The van der Waals surface area contributed by atoms with Crippen molar-refractivity contribution in [3.05, 3.63) is 34.8 Å². The van der Waals surface area contributed by atoms with Crippen molar-refractivity contribution in [1.82, 2.24) is 9.55 Å². The second kappa shape index (κ2) is 4.25. The highest BCUT2D eigenvalue weighted by molar-refractivity contribution is 9.10. The van der Waals surface area contributed by atoms with Crippen molar-refractivity contribution < 1.29 is 4.39 Å². The molecule has 0 saturated heterocycles. The first-order valence-corrected chi connectivity index (χ1v) is 5.68. The quantitative estimate of drug-likeness (QED) is 0.921. The molecule has 2 N–H and O–H groups in total. The third-order valence-corrected chi connectivity index (χ3v) is 3.02. The summed E-state index contributed by atoms with van der Waals surface area (Å²) in [6.45, 7) is 2.75. The van der Waals surface area contributed by atoms with E-state index in [0.29, 0.717) is 16.0 Å². The molecule has 1 heterocycles. The predicted octanol–water partition coefficient (Wildman–Crippen LogP) is 3.05. The Labute approximate surface area is 101 Å². The van der Waals surface area contributed by atoms with E-state index in [9.17, 15) is 4.39 Å². The summed E-state index contributed by atoms with van der Waals surface area (Å²) in [5.41, 5.74) is 7.41. The number of aromatic nitrogens is 2. The predicted molar refractivity (Wildman–Crippen MR) is 65.4 cm³/mol. The number of nitrogen functional groups attached to an aromatic ring is 1. The molecule has 84 valence electrons. The van der Waals surface area contributed by atoms with E-state index in [-0.39, 0.29) is 5.82 Å². The monoisotopic (exact) mass is 283 g/mol. The van der Waals surface area contributed by atoms with Crippen LogP contribution in [0.15, 0.2) is 29.0 Å². The molecule has 0 atom stereocenters. The normalized spacial score (nSPS) is 10.7. The highest BCUT2D eigenvalue weighted by Crippen LogP contribution is 2.27. The highest BCUT2D eigenvalue weighted by atomic mass is 79.9. The summed E-state index contributed by atoms with van der Waals surface area (Å²) in [5, 5.41) is 0. The number of nitrogens with zero attached hydrogens (tertiary/aromatic N) is 2. The van der Waals surface area contributed by atoms with Crippen LogP contribution in [0.4, 0.5) is 10.2 Å². The van der Waals surface area contributed by atoms with Gasteiger partial charge in [-0.2, -0.15) is 0 Å². The van der Waals surface area contributed by atoms with Crippen molar-refractivity contribution in [2.75, 3.05) is 5.73 Å². The number of hydrogen-bond donors (Lipinski definition) is 1. The molecule has 0 aliphatic heterocycles. The molecule has 0 radical (unpaired) electrons. The SMILES string of the molecule is CCn1cnc(-c2ccc(F)c(Br)c2)c1N. The van der Waals surface area contributed by atoms with Crippen molar-refractivity contribution in [2.24, 2.45) is 0 Å². The Balaban J connectivity index is 2.50. The molecule has 0 saturated carbocycles. The molecule has 0 unspecified atom stereocenters. The number of anilines is 1. The van der Waals surface area contributed by atoms with E-state index in [2.05, 4.69) is 20.9 Å². The number of rotatable bonds is 2. The molecular formula is C11H11BrFN3. The van der Waals surface area contributed by atoms with Crippen LogP contribution in [0.1, 0.15) is 6.92 Å². The fourth-order valence-corrected chi connectivity index (χ4v) is 1.89. The summed E-state index contributed by atoms with van der Waals surface area (Å²) in [5.74, 6) is 0.304. The van der Waals surface area contributed by atoms with Gasteiger partial charge in [-0.15, -0.1) is 0 Å². The van der Waals surface area contributed by atoms with Gasteiger partial charge in [0.05, 0.1) is 10.8 Å². The topological polar surface area (TPSA) is 43.8 Å². The Kier molecular flexibility index (Phi) is 2.96. The van der Waals surface area contributed by atoms with Crippen LogP contribution < -0.4 is 5.73 Å². The van der Waals surface area contributed by atoms with Gasteiger partial charge in [-0.3, -0.25) is 0 Å². The number of imidazole rings is 1. The summed E-state index contributed by atoms with van der Waals surface area (Å²) in [6.07, 6.45) is 1.68. The maximum Gasteiger partial charge on any atom is 0.137 e. The first-order valence-electron chi connectivity index (χ1n) is 4.89. The molecule has 16 heavy (non-hydrogen) atoms. The maximum atomic E-state index is 13.1. The van der Waals surface area contributed by atoms with E-state index in [4.69, 9.17) is 5.73 Å². The van der Waals surface area contributed by atoms with Gasteiger partial charge >= 0.3 is 0 Å². The summed E-state index contributed by atoms with van der Waals surface area (Å²) in [6, 6.07) is 4.73. The largest absolute Gasteiger partial charge is 0.383 e. The smallest absolute Gasteiger partial charge is 0.137 e. The van der Waals surface area contributed by atoms with Gasteiger partial charge in [0.1, 0.15) is 17.3 Å². The number of nitrogens with two attached hydrogens (primary N) is 1. The number of hydrogen-bond acceptors (Lipinski definition) is 2. The third kappa shape index (κ3) is 1.82.